The molecule has 0 unspecified atom stereocenters. The molecule has 2 rings (SSSR count). The summed E-state index contributed by atoms with van der Waals surface area (Å²) in [6.45, 7) is 6.70. The summed E-state index contributed by atoms with van der Waals surface area (Å²) in [5.74, 6) is 0. The number of halogens is 2. The molecule has 1 aliphatic rings. The van der Waals surface area contributed by atoms with Crippen molar-refractivity contribution in [2.24, 2.45) is 7.05 Å². The van der Waals surface area contributed by atoms with Crippen LogP contribution >= 0.6 is 23.2 Å². The van der Waals surface area contributed by atoms with E-state index in [0.29, 0.717) is 0 Å². The molecular formula is C12H15Cl2N2+. The van der Waals surface area contributed by atoms with Gasteiger partial charge in [0.25, 0.3) is 0 Å². The minimum absolute atomic E-state index is 0.733. The number of hydrogen-bond donors (Lipinski definition) is 0. The van der Waals surface area contributed by atoms with Crippen molar-refractivity contribution in [1.29, 1.82) is 0 Å². The molecule has 2 nitrogen and oxygen atoms in total. The van der Waals surface area contributed by atoms with E-state index >= 15 is 0 Å². The maximum absolute atomic E-state index is 6.11. The normalized spacial score (nSPS) is 15.2. The van der Waals surface area contributed by atoms with Crippen LogP contribution < -0.4 is 4.68 Å². The average molecular weight is 258 g/mol. The van der Waals surface area contributed by atoms with Gasteiger partial charge < -0.3 is 0 Å². The molecule has 0 radical (unpaired) electrons. The lowest BCUT2D eigenvalue weighted by Crippen LogP contribution is -2.42. The third-order valence-electron chi connectivity index (χ3n) is 3.18. The Morgan fingerprint density at radius 1 is 1.38 bits per heavy atom. The van der Waals surface area contributed by atoms with Crippen molar-refractivity contribution >= 4 is 23.2 Å². The number of allylic oxidation sites excluding steroid dienone is 3. The molecule has 0 aliphatic heterocycles. The predicted octanol–water partition coefficient (Wildman–Crippen LogP) is 2.59. The molecule has 0 fully saturated rings. The highest BCUT2D eigenvalue weighted by molar-refractivity contribution is 6.39. The van der Waals surface area contributed by atoms with Crippen LogP contribution in [0.1, 0.15) is 17.0 Å². The zero-order chi connectivity index (χ0) is 11.9. The summed E-state index contributed by atoms with van der Waals surface area (Å²) in [6, 6.07) is 0. The molecule has 86 valence electrons. The first kappa shape index (κ1) is 11.7. The summed E-state index contributed by atoms with van der Waals surface area (Å²) >= 11 is 12.2. The topological polar surface area (TPSA) is 8.81 Å². The molecule has 1 heterocycles. The summed E-state index contributed by atoms with van der Waals surface area (Å²) in [7, 11) is 2.05. The number of hydrogen-bond acceptors (Lipinski definition) is 0. The molecule has 4 heteroatoms. The molecule has 1 aromatic rings. The van der Waals surface area contributed by atoms with E-state index in [1.54, 1.807) is 0 Å². The van der Waals surface area contributed by atoms with Crippen molar-refractivity contribution in [3.8, 4) is 0 Å². The van der Waals surface area contributed by atoms with E-state index < -0.39 is 0 Å². The first-order valence-electron chi connectivity index (χ1n) is 5.27. The van der Waals surface area contributed by atoms with Crippen LogP contribution in [-0.2, 0) is 26.4 Å². The molecule has 1 aromatic heterocycles. The van der Waals surface area contributed by atoms with Gasteiger partial charge in [0.1, 0.15) is 0 Å². The van der Waals surface area contributed by atoms with E-state index in [-0.39, 0.29) is 0 Å². The van der Waals surface area contributed by atoms with Crippen molar-refractivity contribution in [2.75, 3.05) is 0 Å². The van der Waals surface area contributed by atoms with Crippen LogP contribution in [-0.4, -0.2) is 4.68 Å². The Balaban J connectivity index is 2.53. The second kappa shape index (κ2) is 4.27. The number of rotatable bonds is 2. The van der Waals surface area contributed by atoms with Gasteiger partial charge in [0.2, 0.25) is 5.69 Å². The smallest absolute Gasteiger partial charge is 0.154 e. The first-order chi connectivity index (χ1) is 7.56. The Hall–Kier alpha value is -0.730. The van der Waals surface area contributed by atoms with Crippen LogP contribution in [0.25, 0.3) is 0 Å². The molecule has 0 aromatic carbocycles. The standard InChI is InChI=1S/C12H15Cl2N2/c1-4-5-16-8(2)9-6-10(13)11(14)7-12(9)15(16)3/h4H,1,5-7H2,2-3H3/q+1. The number of fused-ring (bicyclic) bond motifs is 1. The molecule has 0 bridgehead atoms. The lowest BCUT2D eigenvalue weighted by atomic mass is 10.0. The summed E-state index contributed by atoms with van der Waals surface area (Å²) < 4.78 is 4.34. The van der Waals surface area contributed by atoms with Gasteiger partial charge in [-0.3, -0.25) is 0 Å². The quantitative estimate of drug-likeness (QED) is 0.569. The van der Waals surface area contributed by atoms with Gasteiger partial charge in [-0.05, 0) is 6.92 Å². The predicted molar refractivity (Wildman–Crippen MR) is 66.7 cm³/mol. The molecule has 1 aliphatic carbocycles. The van der Waals surface area contributed by atoms with E-state index in [4.69, 9.17) is 23.2 Å². The van der Waals surface area contributed by atoms with Crippen molar-refractivity contribution < 1.29 is 4.68 Å². The molecule has 16 heavy (non-hydrogen) atoms. The zero-order valence-electron chi connectivity index (χ0n) is 9.56. The Kier molecular flexibility index (Phi) is 3.13. The van der Waals surface area contributed by atoms with Crippen molar-refractivity contribution in [1.82, 2.24) is 4.68 Å². The number of nitrogens with zero attached hydrogens (tertiary/aromatic N) is 2. The van der Waals surface area contributed by atoms with Crippen LogP contribution in [0.5, 0.6) is 0 Å². The fourth-order valence-corrected chi connectivity index (χ4v) is 2.65. The van der Waals surface area contributed by atoms with Crippen LogP contribution in [0, 0.1) is 6.92 Å². The van der Waals surface area contributed by atoms with Gasteiger partial charge in [-0.25, -0.2) is 0 Å². The molecule has 0 N–H and O–H groups in total. The van der Waals surface area contributed by atoms with Gasteiger partial charge in [0, 0.05) is 16.5 Å². The zero-order valence-corrected chi connectivity index (χ0v) is 11.1. The summed E-state index contributed by atoms with van der Waals surface area (Å²) in [5, 5.41) is 1.54. The van der Waals surface area contributed by atoms with Gasteiger partial charge in [-0.15, -0.1) is 11.3 Å². The summed E-state index contributed by atoms with van der Waals surface area (Å²) in [6.07, 6.45) is 3.38. The lowest BCUT2D eigenvalue weighted by Gasteiger charge is -2.08. The van der Waals surface area contributed by atoms with Crippen molar-refractivity contribution in [2.45, 2.75) is 26.3 Å². The fraction of sp³-hybridized carbons (Fsp3) is 0.417. The second-order valence-electron chi connectivity index (χ2n) is 4.07. The summed E-state index contributed by atoms with van der Waals surface area (Å²) in [4.78, 5) is 0. The Morgan fingerprint density at radius 2 is 2.00 bits per heavy atom. The van der Waals surface area contributed by atoms with Gasteiger partial charge in [0.15, 0.2) is 7.05 Å². The monoisotopic (exact) mass is 257 g/mol. The van der Waals surface area contributed by atoms with E-state index in [1.807, 2.05) is 6.08 Å². The highest BCUT2D eigenvalue weighted by Crippen LogP contribution is 2.30. The van der Waals surface area contributed by atoms with Gasteiger partial charge in [0.05, 0.1) is 24.2 Å². The second-order valence-corrected chi connectivity index (χ2v) is 4.98. The van der Waals surface area contributed by atoms with Crippen molar-refractivity contribution in [3.05, 3.63) is 39.7 Å². The molecule has 0 spiro atoms. The Bertz CT molecular complexity index is 446. The van der Waals surface area contributed by atoms with Crippen LogP contribution in [0.2, 0.25) is 0 Å². The Labute approximate surface area is 106 Å². The largest absolute Gasteiger partial charge is 0.216 e. The van der Waals surface area contributed by atoms with Crippen LogP contribution in [0.4, 0.5) is 0 Å². The van der Waals surface area contributed by atoms with E-state index in [0.717, 1.165) is 29.5 Å². The number of aromatic nitrogens is 2. The maximum atomic E-state index is 6.11. The van der Waals surface area contributed by atoms with Crippen molar-refractivity contribution in [3.63, 3.8) is 0 Å². The van der Waals surface area contributed by atoms with Gasteiger partial charge >= 0.3 is 0 Å². The Morgan fingerprint density at radius 3 is 2.62 bits per heavy atom. The highest BCUT2D eigenvalue weighted by atomic mass is 35.5. The molecule has 0 atom stereocenters. The molecule has 0 saturated heterocycles. The minimum atomic E-state index is 0.733. The van der Waals surface area contributed by atoms with Crippen LogP contribution in [0.3, 0.4) is 0 Å². The third kappa shape index (κ3) is 1.70. The summed E-state index contributed by atoms with van der Waals surface area (Å²) in [5.41, 5.74) is 3.81. The lowest BCUT2D eigenvalue weighted by molar-refractivity contribution is -0.759. The van der Waals surface area contributed by atoms with Crippen LogP contribution in [0.15, 0.2) is 22.7 Å². The maximum Gasteiger partial charge on any atom is 0.216 e. The van der Waals surface area contributed by atoms with E-state index in [1.165, 1.54) is 17.0 Å². The fourth-order valence-electron chi connectivity index (χ4n) is 2.26. The van der Waals surface area contributed by atoms with Gasteiger partial charge in [-0.2, -0.15) is 4.68 Å². The SMILES string of the molecule is C=CCn1c(C)c2c([n+]1C)CC(Cl)=C(Cl)C2. The average Bonchev–Trinajstić information content (AvgIpc) is 2.46. The van der Waals surface area contributed by atoms with Gasteiger partial charge in [-0.1, -0.05) is 29.3 Å². The molecule has 0 saturated carbocycles. The van der Waals surface area contributed by atoms with E-state index in [9.17, 15) is 0 Å². The third-order valence-corrected chi connectivity index (χ3v) is 4.00. The van der Waals surface area contributed by atoms with E-state index in [2.05, 4.69) is 29.9 Å². The minimum Gasteiger partial charge on any atom is -0.154 e. The highest BCUT2D eigenvalue weighted by Gasteiger charge is 2.30. The first-order valence-corrected chi connectivity index (χ1v) is 6.03. The molecule has 0 amide bonds. The molecular weight excluding hydrogens is 243 g/mol.